The first-order valence-corrected chi connectivity index (χ1v) is 5.90. The second kappa shape index (κ2) is 4.45. The average molecular weight is 248 g/mol. The van der Waals surface area contributed by atoms with E-state index in [1.807, 2.05) is 11.8 Å². The zero-order valence-corrected chi connectivity index (χ0v) is 10.2. The molecule has 0 saturated carbocycles. The number of likely N-dealkylation sites (tertiary alicyclic amines) is 1. The van der Waals surface area contributed by atoms with Gasteiger partial charge in [-0.05, 0) is 18.3 Å². The molecular formula is C10H18BrNO. The molecule has 1 saturated heterocycles. The summed E-state index contributed by atoms with van der Waals surface area (Å²) in [5.41, 5.74) is 0. The standard InChI is InChI=1S/C10H18BrNO/c1-4-9(11)10(13)12-5-7(2)8(3)6-12/h7-9H,4-6H2,1-3H3. The lowest BCUT2D eigenvalue weighted by Gasteiger charge is -2.18. The van der Waals surface area contributed by atoms with Gasteiger partial charge >= 0.3 is 0 Å². The summed E-state index contributed by atoms with van der Waals surface area (Å²) in [6, 6.07) is 0. The molecule has 0 aliphatic carbocycles. The maximum Gasteiger partial charge on any atom is 0.236 e. The topological polar surface area (TPSA) is 20.3 Å². The lowest BCUT2D eigenvalue weighted by atomic mass is 10.0. The molecule has 3 unspecified atom stereocenters. The van der Waals surface area contributed by atoms with Crippen LogP contribution < -0.4 is 0 Å². The van der Waals surface area contributed by atoms with Crippen molar-refractivity contribution in [3.63, 3.8) is 0 Å². The summed E-state index contributed by atoms with van der Waals surface area (Å²) in [7, 11) is 0. The van der Waals surface area contributed by atoms with Crippen molar-refractivity contribution in [3.8, 4) is 0 Å². The molecule has 1 aliphatic rings. The summed E-state index contributed by atoms with van der Waals surface area (Å²) in [5, 5.41) is 0. The highest BCUT2D eigenvalue weighted by atomic mass is 79.9. The first-order chi connectivity index (χ1) is 6.06. The Labute approximate surface area is 88.8 Å². The van der Waals surface area contributed by atoms with Gasteiger partial charge in [0, 0.05) is 13.1 Å². The van der Waals surface area contributed by atoms with Crippen molar-refractivity contribution in [1.82, 2.24) is 4.90 Å². The number of carbonyl (C=O) groups excluding carboxylic acids is 1. The summed E-state index contributed by atoms with van der Waals surface area (Å²) >= 11 is 3.40. The molecule has 0 N–H and O–H groups in total. The van der Waals surface area contributed by atoms with Gasteiger partial charge in [0.15, 0.2) is 0 Å². The quantitative estimate of drug-likeness (QED) is 0.686. The molecule has 3 atom stereocenters. The van der Waals surface area contributed by atoms with Crippen molar-refractivity contribution in [2.24, 2.45) is 11.8 Å². The van der Waals surface area contributed by atoms with Crippen LogP contribution in [0.1, 0.15) is 27.2 Å². The molecule has 1 amide bonds. The largest absolute Gasteiger partial charge is 0.341 e. The van der Waals surface area contributed by atoms with E-state index in [1.165, 1.54) is 0 Å². The van der Waals surface area contributed by atoms with Gasteiger partial charge in [-0.15, -0.1) is 0 Å². The van der Waals surface area contributed by atoms with E-state index >= 15 is 0 Å². The number of alkyl halides is 1. The molecule has 0 aromatic heterocycles. The molecule has 2 nitrogen and oxygen atoms in total. The third kappa shape index (κ3) is 2.46. The van der Waals surface area contributed by atoms with Crippen LogP contribution in [-0.4, -0.2) is 28.7 Å². The van der Waals surface area contributed by atoms with Gasteiger partial charge in [-0.25, -0.2) is 0 Å². The first-order valence-electron chi connectivity index (χ1n) is 4.99. The molecule has 1 fully saturated rings. The third-order valence-electron chi connectivity index (χ3n) is 2.93. The molecule has 3 heteroatoms. The number of rotatable bonds is 2. The van der Waals surface area contributed by atoms with Gasteiger partial charge in [0.25, 0.3) is 0 Å². The van der Waals surface area contributed by atoms with Gasteiger partial charge in [0.2, 0.25) is 5.91 Å². The SMILES string of the molecule is CCC(Br)C(=O)N1CC(C)C(C)C1. The van der Waals surface area contributed by atoms with E-state index in [-0.39, 0.29) is 10.7 Å². The van der Waals surface area contributed by atoms with Gasteiger partial charge in [-0.3, -0.25) is 4.79 Å². The van der Waals surface area contributed by atoms with Crippen LogP contribution in [0, 0.1) is 11.8 Å². The Kier molecular flexibility index (Phi) is 3.77. The van der Waals surface area contributed by atoms with Gasteiger partial charge in [-0.2, -0.15) is 0 Å². The van der Waals surface area contributed by atoms with Crippen molar-refractivity contribution in [2.75, 3.05) is 13.1 Å². The maximum atomic E-state index is 11.7. The van der Waals surface area contributed by atoms with Gasteiger partial charge in [0.05, 0.1) is 4.83 Å². The molecule has 0 aromatic carbocycles. The number of hydrogen-bond acceptors (Lipinski definition) is 1. The fourth-order valence-corrected chi connectivity index (χ4v) is 1.97. The Bertz CT molecular complexity index is 185. The summed E-state index contributed by atoms with van der Waals surface area (Å²) in [6.07, 6.45) is 0.873. The van der Waals surface area contributed by atoms with Crippen LogP contribution in [0.15, 0.2) is 0 Å². The maximum absolute atomic E-state index is 11.7. The van der Waals surface area contributed by atoms with Crippen molar-refractivity contribution in [3.05, 3.63) is 0 Å². The van der Waals surface area contributed by atoms with Crippen LogP contribution in [0.4, 0.5) is 0 Å². The van der Waals surface area contributed by atoms with E-state index in [9.17, 15) is 4.79 Å². The molecule has 0 aromatic rings. The van der Waals surface area contributed by atoms with Gasteiger partial charge in [-0.1, -0.05) is 36.7 Å². The minimum atomic E-state index is 0.0185. The number of halogens is 1. The highest BCUT2D eigenvalue weighted by Crippen LogP contribution is 2.24. The second-order valence-corrected chi connectivity index (χ2v) is 5.18. The fourth-order valence-electron chi connectivity index (χ4n) is 1.68. The van der Waals surface area contributed by atoms with Crippen LogP contribution in [-0.2, 0) is 4.79 Å². The van der Waals surface area contributed by atoms with Crippen molar-refractivity contribution in [2.45, 2.75) is 32.0 Å². The third-order valence-corrected chi connectivity index (χ3v) is 3.97. The smallest absolute Gasteiger partial charge is 0.236 e. The van der Waals surface area contributed by atoms with Crippen molar-refractivity contribution in [1.29, 1.82) is 0 Å². The number of amides is 1. The highest BCUT2D eigenvalue weighted by molar-refractivity contribution is 9.10. The number of hydrogen-bond donors (Lipinski definition) is 0. The van der Waals surface area contributed by atoms with E-state index in [0.717, 1.165) is 19.5 Å². The molecule has 76 valence electrons. The zero-order valence-electron chi connectivity index (χ0n) is 8.59. The lowest BCUT2D eigenvalue weighted by molar-refractivity contribution is -0.129. The molecule has 13 heavy (non-hydrogen) atoms. The predicted molar refractivity (Wildman–Crippen MR) is 57.9 cm³/mol. The average Bonchev–Trinajstić information content (AvgIpc) is 2.44. The Morgan fingerprint density at radius 3 is 2.31 bits per heavy atom. The first kappa shape index (κ1) is 11.0. The zero-order chi connectivity index (χ0) is 10.0. The predicted octanol–water partition coefficient (Wildman–Crippen LogP) is 2.27. The van der Waals surface area contributed by atoms with Crippen molar-refractivity contribution >= 4 is 21.8 Å². The van der Waals surface area contributed by atoms with Crippen LogP contribution in [0.25, 0.3) is 0 Å². The molecule has 0 bridgehead atoms. The van der Waals surface area contributed by atoms with Gasteiger partial charge < -0.3 is 4.90 Å². The summed E-state index contributed by atoms with van der Waals surface area (Å²) < 4.78 is 0. The normalized spacial score (nSPS) is 30.6. The minimum Gasteiger partial charge on any atom is -0.341 e. The summed E-state index contributed by atoms with van der Waals surface area (Å²) in [6.45, 7) is 8.32. The monoisotopic (exact) mass is 247 g/mol. The molecule has 0 spiro atoms. The fraction of sp³-hybridized carbons (Fsp3) is 0.900. The Morgan fingerprint density at radius 2 is 1.92 bits per heavy atom. The van der Waals surface area contributed by atoms with Crippen LogP contribution in [0.2, 0.25) is 0 Å². The molecule has 1 aliphatic heterocycles. The molecule has 1 heterocycles. The highest BCUT2D eigenvalue weighted by Gasteiger charge is 2.31. The van der Waals surface area contributed by atoms with E-state index < -0.39 is 0 Å². The van der Waals surface area contributed by atoms with Crippen LogP contribution >= 0.6 is 15.9 Å². The Balaban J connectivity index is 2.50. The lowest BCUT2D eigenvalue weighted by Crippen LogP contribution is -2.34. The molecule has 1 rings (SSSR count). The number of carbonyl (C=O) groups is 1. The summed E-state index contributed by atoms with van der Waals surface area (Å²) in [4.78, 5) is 13.7. The minimum absolute atomic E-state index is 0.0185. The van der Waals surface area contributed by atoms with Gasteiger partial charge in [0.1, 0.15) is 0 Å². The van der Waals surface area contributed by atoms with E-state index in [2.05, 4.69) is 29.8 Å². The van der Waals surface area contributed by atoms with Crippen LogP contribution in [0.3, 0.4) is 0 Å². The van der Waals surface area contributed by atoms with E-state index in [0.29, 0.717) is 11.8 Å². The van der Waals surface area contributed by atoms with Crippen molar-refractivity contribution < 1.29 is 4.79 Å². The Hall–Kier alpha value is -0.0500. The Morgan fingerprint density at radius 1 is 1.46 bits per heavy atom. The van der Waals surface area contributed by atoms with E-state index in [1.54, 1.807) is 0 Å². The molecular weight excluding hydrogens is 230 g/mol. The van der Waals surface area contributed by atoms with Crippen LogP contribution in [0.5, 0.6) is 0 Å². The van der Waals surface area contributed by atoms with E-state index in [4.69, 9.17) is 0 Å². The second-order valence-electron chi connectivity index (χ2n) is 4.07. The summed E-state index contributed by atoms with van der Waals surface area (Å²) in [5.74, 6) is 1.57. The number of nitrogens with zero attached hydrogens (tertiary/aromatic N) is 1. The molecule has 0 radical (unpaired) electrons.